The highest BCUT2D eigenvalue weighted by atomic mass is 35.5. The number of hydrogen-bond donors (Lipinski definition) is 3. The van der Waals surface area contributed by atoms with Gasteiger partial charge in [0.1, 0.15) is 11.6 Å². The summed E-state index contributed by atoms with van der Waals surface area (Å²) < 4.78 is 0. The Kier molecular flexibility index (Phi) is 6.23. The van der Waals surface area contributed by atoms with Crippen LogP contribution in [0.3, 0.4) is 0 Å². The number of carbonyl (C=O) groups is 1. The highest BCUT2D eigenvalue weighted by Gasteiger charge is 2.08. The Morgan fingerprint density at radius 2 is 1.83 bits per heavy atom. The molecule has 0 spiro atoms. The number of nitrogens with zero attached hydrogens (tertiary/aromatic N) is 1. The molecular weight excluding hydrogens is 324 g/mol. The van der Waals surface area contributed by atoms with Crippen molar-refractivity contribution in [3.63, 3.8) is 0 Å². The van der Waals surface area contributed by atoms with Crippen LogP contribution in [0.15, 0.2) is 60.3 Å². The Balaban J connectivity index is 1.86. The third kappa shape index (κ3) is 5.34. The van der Waals surface area contributed by atoms with Crippen molar-refractivity contribution in [3.8, 4) is 6.07 Å². The van der Waals surface area contributed by atoms with E-state index in [0.29, 0.717) is 22.9 Å². The molecule has 1 amide bonds. The van der Waals surface area contributed by atoms with Gasteiger partial charge in [0.2, 0.25) is 0 Å². The molecule has 0 bridgehead atoms. The second-order valence-corrected chi connectivity index (χ2v) is 5.51. The second kappa shape index (κ2) is 8.61. The number of nitrogens with one attached hydrogen (secondary N) is 2. The summed E-state index contributed by atoms with van der Waals surface area (Å²) in [5.74, 6) is -0.471. The number of nitriles is 1. The van der Waals surface area contributed by atoms with Gasteiger partial charge in [-0.1, -0.05) is 23.7 Å². The van der Waals surface area contributed by atoms with E-state index in [0.717, 1.165) is 12.0 Å². The van der Waals surface area contributed by atoms with Crippen LogP contribution in [0, 0.1) is 11.3 Å². The summed E-state index contributed by atoms with van der Waals surface area (Å²) in [6.07, 6.45) is 2.18. The van der Waals surface area contributed by atoms with Crippen molar-refractivity contribution in [2.45, 2.75) is 6.42 Å². The lowest BCUT2D eigenvalue weighted by molar-refractivity contribution is -0.112. The first-order valence-corrected chi connectivity index (χ1v) is 7.71. The van der Waals surface area contributed by atoms with Crippen molar-refractivity contribution in [1.29, 1.82) is 5.26 Å². The third-order valence-corrected chi connectivity index (χ3v) is 3.50. The van der Waals surface area contributed by atoms with Crippen LogP contribution in [-0.4, -0.2) is 12.5 Å². The average Bonchev–Trinajstić information content (AvgIpc) is 2.58. The predicted molar refractivity (Wildman–Crippen MR) is 96.3 cm³/mol. The Morgan fingerprint density at radius 1 is 1.17 bits per heavy atom. The molecule has 0 heterocycles. The lowest BCUT2D eigenvalue weighted by atomic mass is 10.1. The van der Waals surface area contributed by atoms with Gasteiger partial charge in [0.15, 0.2) is 0 Å². The van der Waals surface area contributed by atoms with Crippen LogP contribution in [0.25, 0.3) is 0 Å². The minimum Gasteiger partial charge on any atom is -0.399 e. The van der Waals surface area contributed by atoms with E-state index in [1.165, 1.54) is 6.20 Å². The first-order chi connectivity index (χ1) is 11.6. The van der Waals surface area contributed by atoms with Gasteiger partial charge in [-0.3, -0.25) is 4.79 Å². The summed E-state index contributed by atoms with van der Waals surface area (Å²) in [5, 5.41) is 15.4. The monoisotopic (exact) mass is 340 g/mol. The Bertz CT molecular complexity index is 761. The van der Waals surface area contributed by atoms with Gasteiger partial charge in [0.25, 0.3) is 5.91 Å². The number of halogens is 1. The van der Waals surface area contributed by atoms with Crippen molar-refractivity contribution in [2.75, 3.05) is 17.6 Å². The van der Waals surface area contributed by atoms with E-state index in [4.69, 9.17) is 22.6 Å². The summed E-state index contributed by atoms with van der Waals surface area (Å²) in [6.45, 7) is 0.599. The summed E-state index contributed by atoms with van der Waals surface area (Å²) in [5.41, 5.74) is 7.89. The van der Waals surface area contributed by atoms with Crippen LogP contribution < -0.4 is 16.4 Å². The van der Waals surface area contributed by atoms with Gasteiger partial charge in [-0.25, -0.2) is 0 Å². The molecule has 0 radical (unpaired) electrons. The molecule has 0 aliphatic carbocycles. The predicted octanol–water partition coefficient (Wildman–Crippen LogP) is 3.10. The van der Waals surface area contributed by atoms with E-state index >= 15 is 0 Å². The molecule has 0 saturated heterocycles. The van der Waals surface area contributed by atoms with Gasteiger partial charge in [0.05, 0.1) is 0 Å². The van der Waals surface area contributed by atoms with Crippen LogP contribution >= 0.6 is 11.6 Å². The Labute approximate surface area is 145 Å². The normalized spacial score (nSPS) is 10.8. The first-order valence-electron chi connectivity index (χ1n) is 7.33. The number of anilines is 2. The van der Waals surface area contributed by atoms with E-state index in [9.17, 15) is 4.79 Å². The van der Waals surface area contributed by atoms with Gasteiger partial charge < -0.3 is 16.4 Å². The SMILES string of the molecule is N#C/C(=C/NCCc1ccc(Cl)cc1)C(=O)Nc1ccc(N)cc1. The van der Waals surface area contributed by atoms with Gasteiger partial charge in [-0.05, 0) is 48.4 Å². The van der Waals surface area contributed by atoms with Crippen molar-refractivity contribution in [2.24, 2.45) is 0 Å². The van der Waals surface area contributed by atoms with E-state index in [1.54, 1.807) is 24.3 Å². The lowest BCUT2D eigenvalue weighted by Gasteiger charge is -2.06. The van der Waals surface area contributed by atoms with Crippen LogP contribution in [0.5, 0.6) is 0 Å². The van der Waals surface area contributed by atoms with Crippen molar-refractivity contribution in [1.82, 2.24) is 5.32 Å². The molecule has 0 saturated carbocycles. The van der Waals surface area contributed by atoms with E-state index in [2.05, 4.69) is 10.6 Å². The van der Waals surface area contributed by atoms with Crippen LogP contribution in [0.1, 0.15) is 5.56 Å². The summed E-state index contributed by atoms with van der Waals surface area (Å²) in [7, 11) is 0. The first kappa shape index (κ1) is 17.4. The number of amides is 1. The fourth-order valence-corrected chi connectivity index (χ4v) is 2.08. The highest BCUT2D eigenvalue weighted by molar-refractivity contribution is 6.30. The van der Waals surface area contributed by atoms with E-state index in [1.807, 2.05) is 30.3 Å². The largest absolute Gasteiger partial charge is 0.399 e. The molecule has 5 nitrogen and oxygen atoms in total. The van der Waals surface area contributed by atoms with Crippen molar-refractivity contribution >= 4 is 28.9 Å². The molecule has 0 aliphatic heterocycles. The molecule has 2 rings (SSSR count). The van der Waals surface area contributed by atoms with Crippen molar-refractivity contribution in [3.05, 3.63) is 70.9 Å². The maximum Gasteiger partial charge on any atom is 0.267 e. The average molecular weight is 341 g/mol. The summed E-state index contributed by atoms with van der Waals surface area (Å²) in [6, 6.07) is 16.1. The van der Waals surface area contributed by atoms with Gasteiger partial charge in [-0.15, -0.1) is 0 Å². The number of rotatable bonds is 6. The van der Waals surface area contributed by atoms with Crippen LogP contribution in [0.4, 0.5) is 11.4 Å². The minimum absolute atomic E-state index is 0.00271. The topological polar surface area (TPSA) is 90.9 Å². The van der Waals surface area contributed by atoms with Crippen LogP contribution in [-0.2, 0) is 11.2 Å². The Hall–Kier alpha value is -2.97. The maximum atomic E-state index is 12.0. The molecule has 6 heteroatoms. The Morgan fingerprint density at radius 3 is 2.46 bits per heavy atom. The van der Waals surface area contributed by atoms with E-state index in [-0.39, 0.29) is 5.57 Å². The molecule has 2 aromatic rings. The fraction of sp³-hybridized carbons (Fsp3) is 0.111. The zero-order valence-corrected chi connectivity index (χ0v) is 13.7. The molecule has 0 unspecified atom stereocenters. The van der Waals surface area contributed by atoms with Gasteiger partial charge in [-0.2, -0.15) is 5.26 Å². The van der Waals surface area contributed by atoms with Gasteiger partial charge >= 0.3 is 0 Å². The van der Waals surface area contributed by atoms with E-state index < -0.39 is 5.91 Å². The smallest absolute Gasteiger partial charge is 0.267 e. The molecule has 0 atom stereocenters. The van der Waals surface area contributed by atoms with Crippen LogP contribution in [0.2, 0.25) is 5.02 Å². The molecule has 0 aromatic heterocycles. The molecule has 122 valence electrons. The fourth-order valence-electron chi connectivity index (χ4n) is 1.96. The molecular formula is C18H17ClN4O. The number of hydrogen-bond acceptors (Lipinski definition) is 4. The lowest BCUT2D eigenvalue weighted by Crippen LogP contribution is -2.18. The molecule has 24 heavy (non-hydrogen) atoms. The number of nitrogen functional groups attached to an aromatic ring is 1. The molecule has 0 aliphatic rings. The summed E-state index contributed by atoms with van der Waals surface area (Å²) in [4.78, 5) is 12.0. The summed E-state index contributed by atoms with van der Waals surface area (Å²) >= 11 is 5.83. The zero-order valence-electron chi connectivity index (χ0n) is 12.9. The molecule has 0 fully saturated rings. The second-order valence-electron chi connectivity index (χ2n) is 5.08. The quantitative estimate of drug-likeness (QED) is 0.326. The van der Waals surface area contributed by atoms with Crippen molar-refractivity contribution < 1.29 is 4.79 Å². The zero-order chi connectivity index (χ0) is 17.4. The maximum absolute atomic E-state index is 12.0. The van der Waals surface area contributed by atoms with Gasteiger partial charge in [0, 0.05) is 29.1 Å². The molecule has 4 N–H and O–H groups in total. The number of nitrogens with two attached hydrogens (primary N) is 1. The minimum atomic E-state index is -0.471. The molecule has 2 aromatic carbocycles. The number of carbonyl (C=O) groups excluding carboxylic acids is 1. The standard InChI is InChI=1S/C18H17ClN4O/c19-15-3-1-13(2-4-15)9-10-22-12-14(11-20)18(24)23-17-7-5-16(21)6-8-17/h1-8,12,22H,9-10,21H2,(H,23,24)/b14-12-. The highest BCUT2D eigenvalue weighted by Crippen LogP contribution is 2.12. The third-order valence-electron chi connectivity index (χ3n) is 3.25. The number of benzene rings is 2.